The van der Waals surface area contributed by atoms with Crippen LogP contribution in [-0.2, 0) is 16.6 Å². The van der Waals surface area contributed by atoms with E-state index >= 15 is 0 Å². The summed E-state index contributed by atoms with van der Waals surface area (Å²) in [6.07, 6.45) is 0.415. The second-order valence-corrected chi connectivity index (χ2v) is 6.24. The highest BCUT2D eigenvalue weighted by molar-refractivity contribution is 5.82. The van der Waals surface area contributed by atoms with Gasteiger partial charge in [-0.25, -0.2) is 0 Å². The predicted molar refractivity (Wildman–Crippen MR) is 85.8 cm³/mol. The van der Waals surface area contributed by atoms with Crippen molar-refractivity contribution < 1.29 is 9.53 Å². The lowest BCUT2D eigenvalue weighted by Crippen LogP contribution is -2.17. The van der Waals surface area contributed by atoms with Gasteiger partial charge in [0.15, 0.2) is 5.78 Å². The van der Waals surface area contributed by atoms with Gasteiger partial charge < -0.3 is 4.74 Å². The zero-order valence-electron chi connectivity index (χ0n) is 12.9. The first-order valence-corrected chi connectivity index (χ1v) is 7.25. The Morgan fingerprint density at radius 3 is 2.24 bits per heavy atom. The van der Waals surface area contributed by atoms with Gasteiger partial charge in [0.05, 0.1) is 0 Å². The molecule has 0 aromatic heterocycles. The number of ether oxygens (including phenoxy) is 1. The lowest BCUT2D eigenvalue weighted by atomic mass is 9.86. The van der Waals surface area contributed by atoms with E-state index in [2.05, 4.69) is 26.8 Å². The number of Topliss-reactive ketones (excluding diaryl/α,β-unsaturated/α-hetero) is 1. The molecular weight excluding hydrogens is 260 g/mol. The number of benzene rings is 2. The zero-order chi connectivity index (χ0) is 15.3. The van der Waals surface area contributed by atoms with Crippen LogP contribution in [0, 0.1) is 0 Å². The Hall–Kier alpha value is -2.09. The molecule has 21 heavy (non-hydrogen) atoms. The molecule has 2 heteroatoms. The lowest BCUT2D eigenvalue weighted by Gasteiger charge is -2.22. The van der Waals surface area contributed by atoms with Crippen LogP contribution in [-0.4, -0.2) is 12.4 Å². The standard InChI is InChI=1S/C19H22O2/c1-19(2,3)17-11-7-8-12-18(17)21-14-16(20)13-15-9-5-4-6-10-15/h4-12H,13-14H2,1-3H3. The van der Waals surface area contributed by atoms with Gasteiger partial charge in [-0.3, -0.25) is 4.79 Å². The molecule has 0 saturated carbocycles. The minimum atomic E-state index is -0.000922. The second-order valence-electron chi connectivity index (χ2n) is 6.24. The Balaban J connectivity index is 1.99. The molecule has 0 aliphatic rings. The van der Waals surface area contributed by atoms with Gasteiger partial charge in [-0.15, -0.1) is 0 Å². The maximum absolute atomic E-state index is 12.0. The van der Waals surface area contributed by atoms with Gasteiger partial charge in [-0.1, -0.05) is 69.3 Å². The Morgan fingerprint density at radius 1 is 0.952 bits per heavy atom. The van der Waals surface area contributed by atoms with E-state index in [1.54, 1.807) is 0 Å². The third kappa shape index (κ3) is 4.45. The molecule has 110 valence electrons. The lowest BCUT2D eigenvalue weighted by molar-refractivity contribution is -0.120. The maximum Gasteiger partial charge on any atom is 0.174 e. The Labute approximate surface area is 126 Å². The fourth-order valence-corrected chi connectivity index (χ4v) is 2.24. The summed E-state index contributed by atoms with van der Waals surface area (Å²) in [7, 11) is 0. The molecule has 0 amide bonds. The van der Waals surface area contributed by atoms with Crippen molar-refractivity contribution in [2.75, 3.05) is 6.61 Å². The van der Waals surface area contributed by atoms with Gasteiger partial charge in [0.1, 0.15) is 12.4 Å². The van der Waals surface area contributed by atoms with E-state index in [0.717, 1.165) is 16.9 Å². The van der Waals surface area contributed by atoms with E-state index in [0.29, 0.717) is 6.42 Å². The Kier molecular flexibility index (Phi) is 4.79. The van der Waals surface area contributed by atoms with Crippen LogP contribution in [0.3, 0.4) is 0 Å². The van der Waals surface area contributed by atoms with E-state index < -0.39 is 0 Å². The smallest absolute Gasteiger partial charge is 0.174 e. The van der Waals surface area contributed by atoms with Crippen LogP contribution in [0.1, 0.15) is 31.9 Å². The van der Waals surface area contributed by atoms with Crippen molar-refractivity contribution in [1.82, 2.24) is 0 Å². The fraction of sp³-hybridized carbons (Fsp3) is 0.316. The highest BCUT2D eigenvalue weighted by atomic mass is 16.5. The molecular formula is C19H22O2. The average molecular weight is 282 g/mol. The molecule has 2 aromatic carbocycles. The minimum absolute atomic E-state index is 0.000922. The van der Waals surface area contributed by atoms with E-state index in [9.17, 15) is 4.79 Å². The number of rotatable bonds is 5. The topological polar surface area (TPSA) is 26.3 Å². The van der Waals surface area contributed by atoms with Crippen LogP contribution in [0.15, 0.2) is 54.6 Å². The summed E-state index contributed by atoms with van der Waals surface area (Å²) in [5.74, 6) is 0.885. The molecule has 2 rings (SSSR count). The number of hydrogen-bond acceptors (Lipinski definition) is 2. The highest BCUT2D eigenvalue weighted by Gasteiger charge is 2.18. The van der Waals surface area contributed by atoms with Crippen molar-refractivity contribution in [3.05, 3.63) is 65.7 Å². The monoisotopic (exact) mass is 282 g/mol. The van der Waals surface area contributed by atoms with Gasteiger partial charge in [-0.2, -0.15) is 0 Å². The third-order valence-electron chi connectivity index (χ3n) is 3.33. The van der Waals surface area contributed by atoms with E-state index in [4.69, 9.17) is 4.74 Å². The number of ketones is 1. The molecule has 0 fully saturated rings. The van der Waals surface area contributed by atoms with E-state index in [1.807, 2.05) is 48.5 Å². The van der Waals surface area contributed by atoms with Crippen LogP contribution in [0.25, 0.3) is 0 Å². The molecule has 0 atom stereocenters. The van der Waals surface area contributed by atoms with Gasteiger partial charge in [0, 0.05) is 6.42 Å². The SMILES string of the molecule is CC(C)(C)c1ccccc1OCC(=O)Cc1ccccc1. The number of carbonyl (C=O) groups is 1. The first-order valence-electron chi connectivity index (χ1n) is 7.25. The summed E-state index contributed by atoms with van der Waals surface area (Å²) in [6, 6.07) is 17.7. The minimum Gasteiger partial charge on any atom is -0.486 e. The quantitative estimate of drug-likeness (QED) is 0.822. The number of hydrogen-bond donors (Lipinski definition) is 0. The van der Waals surface area contributed by atoms with Crippen molar-refractivity contribution in [3.8, 4) is 5.75 Å². The fourth-order valence-electron chi connectivity index (χ4n) is 2.24. The van der Waals surface area contributed by atoms with Crippen LogP contribution in [0.2, 0.25) is 0 Å². The second kappa shape index (κ2) is 6.57. The molecule has 2 aromatic rings. The Morgan fingerprint density at radius 2 is 1.57 bits per heavy atom. The number of carbonyl (C=O) groups excluding carboxylic acids is 1. The summed E-state index contributed by atoms with van der Waals surface area (Å²) in [5.41, 5.74) is 2.15. The molecule has 0 saturated heterocycles. The van der Waals surface area contributed by atoms with Crippen LogP contribution < -0.4 is 4.74 Å². The van der Waals surface area contributed by atoms with Crippen molar-refractivity contribution in [1.29, 1.82) is 0 Å². The maximum atomic E-state index is 12.0. The summed E-state index contributed by atoms with van der Waals surface area (Å²) >= 11 is 0. The summed E-state index contributed by atoms with van der Waals surface area (Å²) in [5, 5.41) is 0. The Bertz CT molecular complexity index is 594. The van der Waals surface area contributed by atoms with Crippen molar-refractivity contribution in [2.24, 2.45) is 0 Å². The predicted octanol–water partition coefficient (Wildman–Crippen LogP) is 4.17. The van der Waals surface area contributed by atoms with E-state index in [-0.39, 0.29) is 17.8 Å². The molecule has 0 heterocycles. The molecule has 0 unspecified atom stereocenters. The van der Waals surface area contributed by atoms with Gasteiger partial charge >= 0.3 is 0 Å². The largest absolute Gasteiger partial charge is 0.486 e. The summed E-state index contributed by atoms with van der Waals surface area (Å²) in [6.45, 7) is 6.53. The van der Waals surface area contributed by atoms with Crippen molar-refractivity contribution in [3.63, 3.8) is 0 Å². The van der Waals surface area contributed by atoms with Gasteiger partial charge in [0.2, 0.25) is 0 Å². The van der Waals surface area contributed by atoms with Gasteiger partial charge in [0.25, 0.3) is 0 Å². The van der Waals surface area contributed by atoms with Crippen LogP contribution in [0.4, 0.5) is 0 Å². The number of para-hydroxylation sites is 1. The van der Waals surface area contributed by atoms with Crippen LogP contribution in [0.5, 0.6) is 5.75 Å². The molecule has 0 spiro atoms. The molecule has 0 aliphatic carbocycles. The van der Waals surface area contributed by atoms with Crippen LogP contribution >= 0.6 is 0 Å². The first-order chi connectivity index (χ1) is 9.97. The zero-order valence-corrected chi connectivity index (χ0v) is 12.9. The van der Waals surface area contributed by atoms with Crippen molar-refractivity contribution in [2.45, 2.75) is 32.6 Å². The van der Waals surface area contributed by atoms with Gasteiger partial charge in [-0.05, 0) is 22.6 Å². The summed E-state index contributed by atoms with van der Waals surface area (Å²) < 4.78 is 5.75. The van der Waals surface area contributed by atoms with Crippen molar-refractivity contribution >= 4 is 5.78 Å². The molecule has 0 N–H and O–H groups in total. The third-order valence-corrected chi connectivity index (χ3v) is 3.33. The highest BCUT2D eigenvalue weighted by Crippen LogP contribution is 2.30. The molecule has 0 radical (unpaired) electrons. The summed E-state index contributed by atoms with van der Waals surface area (Å²) in [4.78, 5) is 12.0. The molecule has 2 nitrogen and oxygen atoms in total. The average Bonchev–Trinajstić information content (AvgIpc) is 2.45. The first kappa shape index (κ1) is 15.3. The van der Waals surface area contributed by atoms with E-state index in [1.165, 1.54) is 0 Å². The molecule has 0 bridgehead atoms. The normalized spacial score (nSPS) is 11.2. The molecule has 0 aliphatic heterocycles.